The van der Waals surface area contributed by atoms with Gasteiger partial charge in [0.25, 0.3) is 0 Å². The van der Waals surface area contributed by atoms with Crippen molar-refractivity contribution in [2.45, 2.75) is 47.7 Å². The van der Waals surface area contributed by atoms with E-state index in [2.05, 4.69) is 4.98 Å². The minimum Gasteiger partial charge on any atom is -0.241 e. The Morgan fingerprint density at radius 2 is 1.64 bits per heavy atom. The molecule has 22 heavy (non-hydrogen) atoms. The second kappa shape index (κ2) is 7.66. The summed E-state index contributed by atoms with van der Waals surface area (Å²) >= 11 is 0. The van der Waals surface area contributed by atoms with Gasteiger partial charge in [0.2, 0.25) is 0 Å². The van der Waals surface area contributed by atoms with Crippen LogP contribution in [0.5, 0.6) is 0 Å². The molecule has 0 aliphatic heterocycles. The zero-order valence-electron chi connectivity index (χ0n) is 13.6. The fraction of sp³-hybridized carbons (Fsp3) is 0.412. The van der Waals surface area contributed by atoms with Crippen LogP contribution in [0.15, 0.2) is 5.57 Å². The number of alkyl halides is 3. The average Bonchev–Trinajstić information content (AvgIpc) is 2.44. The second-order valence-electron chi connectivity index (χ2n) is 4.56. The van der Waals surface area contributed by atoms with Gasteiger partial charge in [-0.1, -0.05) is 25.3 Å². The largest absolute Gasteiger partial charge is 0.434 e. The van der Waals surface area contributed by atoms with E-state index in [1.807, 2.05) is 25.8 Å². The van der Waals surface area contributed by atoms with E-state index in [1.54, 1.807) is 20.8 Å². The molecule has 1 aromatic rings. The molecule has 0 bridgehead atoms. The van der Waals surface area contributed by atoms with Crippen molar-refractivity contribution < 1.29 is 13.2 Å². The highest BCUT2D eigenvalue weighted by Crippen LogP contribution is 2.35. The summed E-state index contributed by atoms with van der Waals surface area (Å²) in [4.78, 5) is 3.62. The summed E-state index contributed by atoms with van der Waals surface area (Å²) in [5, 5.41) is 9.12. The van der Waals surface area contributed by atoms with E-state index in [9.17, 15) is 13.2 Å². The van der Waals surface area contributed by atoms with Gasteiger partial charge in [-0.25, -0.2) is 4.98 Å². The zero-order valence-corrected chi connectivity index (χ0v) is 13.6. The number of hydrogen-bond acceptors (Lipinski definition) is 2. The smallest absolute Gasteiger partial charge is 0.241 e. The molecular weight excluding hydrogens is 289 g/mol. The van der Waals surface area contributed by atoms with Crippen molar-refractivity contribution in [1.82, 2.24) is 4.98 Å². The molecule has 0 aromatic carbocycles. The number of rotatable bonds is 1. The summed E-state index contributed by atoms with van der Waals surface area (Å²) in [6.07, 6.45) is 0.513. The summed E-state index contributed by atoms with van der Waals surface area (Å²) in [5.74, 6) is 2.04. The van der Waals surface area contributed by atoms with Gasteiger partial charge in [-0.15, -0.1) is 6.42 Å². The third-order valence-electron chi connectivity index (χ3n) is 3.01. The predicted molar refractivity (Wildman–Crippen MR) is 81.9 cm³/mol. The van der Waals surface area contributed by atoms with Crippen molar-refractivity contribution in [1.29, 1.82) is 5.26 Å². The lowest BCUT2D eigenvalue weighted by molar-refractivity contribution is -0.141. The fourth-order valence-electron chi connectivity index (χ4n) is 1.82. The maximum absolute atomic E-state index is 13.0. The number of hydrogen-bond donors (Lipinski definition) is 0. The van der Waals surface area contributed by atoms with Crippen molar-refractivity contribution >= 4 is 5.57 Å². The SMILES string of the molecule is C#Cc1c(C(F)(F)F)nc(C(C#N)=C(C)C)c(C)c1C.CC. The van der Waals surface area contributed by atoms with Gasteiger partial charge in [-0.05, 0) is 38.8 Å². The van der Waals surface area contributed by atoms with Crippen LogP contribution in [0.2, 0.25) is 0 Å². The van der Waals surface area contributed by atoms with Crippen LogP contribution >= 0.6 is 0 Å². The van der Waals surface area contributed by atoms with E-state index >= 15 is 0 Å². The summed E-state index contributed by atoms with van der Waals surface area (Å²) in [7, 11) is 0. The average molecular weight is 308 g/mol. The first kappa shape index (κ1) is 19.7. The minimum atomic E-state index is -4.66. The quantitative estimate of drug-likeness (QED) is 0.538. The molecule has 0 atom stereocenters. The van der Waals surface area contributed by atoms with Gasteiger partial charge in [-0.2, -0.15) is 18.4 Å². The van der Waals surface area contributed by atoms with Gasteiger partial charge in [0.1, 0.15) is 6.07 Å². The highest BCUT2D eigenvalue weighted by Gasteiger charge is 2.37. The topological polar surface area (TPSA) is 36.7 Å². The molecule has 5 heteroatoms. The Bertz CT molecular complexity index is 665. The molecule has 0 spiro atoms. The lowest BCUT2D eigenvalue weighted by Gasteiger charge is -2.16. The van der Waals surface area contributed by atoms with E-state index in [4.69, 9.17) is 11.7 Å². The van der Waals surface area contributed by atoms with Crippen molar-refractivity contribution in [2.75, 3.05) is 0 Å². The molecule has 0 aliphatic rings. The summed E-state index contributed by atoms with van der Waals surface area (Å²) in [5.41, 5.74) is 0.194. The Labute approximate surface area is 129 Å². The van der Waals surface area contributed by atoms with E-state index < -0.39 is 11.9 Å². The Balaban J connectivity index is 0.00000211. The first-order valence-electron chi connectivity index (χ1n) is 6.78. The highest BCUT2D eigenvalue weighted by molar-refractivity contribution is 5.79. The van der Waals surface area contributed by atoms with Crippen LogP contribution in [0, 0.1) is 37.5 Å². The fourth-order valence-corrected chi connectivity index (χ4v) is 1.82. The monoisotopic (exact) mass is 308 g/mol. The number of nitrogens with zero attached hydrogens (tertiary/aromatic N) is 2. The standard InChI is InChI=1S/C15H13F3N2.C2H6/c1-6-11-9(4)10(5)13(12(7-19)8(2)3)20-14(11)15(16,17)18;1-2/h1H,2-5H3;1-2H3. The normalized spacial score (nSPS) is 9.95. The first-order valence-corrected chi connectivity index (χ1v) is 6.78. The third-order valence-corrected chi connectivity index (χ3v) is 3.01. The van der Waals surface area contributed by atoms with Gasteiger partial charge >= 0.3 is 6.18 Å². The Kier molecular flexibility index (Phi) is 6.87. The second-order valence-corrected chi connectivity index (χ2v) is 4.56. The summed E-state index contributed by atoms with van der Waals surface area (Å²) in [6, 6.07) is 1.90. The predicted octanol–water partition coefficient (Wildman–Crippen LogP) is 5.04. The molecule has 0 fully saturated rings. The van der Waals surface area contributed by atoms with Gasteiger partial charge in [0.05, 0.1) is 16.8 Å². The molecule has 1 heterocycles. The molecule has 0 radical (unpaired) electrons. The number of allylic oxidation sites excluding steroid dienone is 2. The molecule has 0 saturated carbocycles. The number of terminal acetylenes is 1. The van der Waals surface area contributed by atoms with Crippen LogP contribution in [-0.2, 0) is 6.18 Å². The van der Waals surface area contributed by atoms with Crippen LogP contribution in [-0.4, -0.2) is 4.98 Å². The number of pyridine rings is 1. The Morgan fingerprint density at radius 1 is 1.14 bits per heavy atom. The van der Waals surface area contributed by atoms with Gasteiger partial charge in [0.15, 0.2) is 5.69 Å². The molecule has 2 nitrogen and oxygen atoms in total. The number of nitriles is 1. The first-order chi connectivity index (χ1) is 10.1. The molecular formula is C17H19F3N2. The van der Waals surface area contributed by atoms with Crippen molar-refractivity contribution in [2.24, 2.45) is 0 Å². The van der Waals surface area contributed by atoms with Gasteiger partial charge in [0, 0.05) is 0 Å². The number of aromatic nitrogens is 1. The van der Waals surface area contributed by atoms with Crippen LogP contribution < -0.4 is 0 Å². The van der Waals surface area contributed by atoms with E-state index in [-0.39, 0.29) is 16.8 Å². The van der Waals surface area contributed by atoms with Gasteiger partial charge < -0.3 is 0 Å². The van der Waals surface area contributed by atoms with Crippen molar-refractivity contribution in [3.05, 3.63) is 33.7 Å². The van der Waals surface area contributed by atoms with E-state index in [0.29, 0.717) is 16.7 Å². The molecule has 1 aromatic heterocycles. The Hall–Kier alpha value is -2.27. The molecule has 0 amide bonds. The molecule has 118 valence electrons. The lowest BCUT2D eigenvalue weighted by Crippen LogP contribution is -2.15. The lowest BCUT2D eigenvalue weighted by atomic mass is 9.96. The molecule has 1 rings (SSSR count). The minimum absolute atomic E-state index is 0.0383. The summed E-state index contributed by atoms with van der Waals surface area (Å²) in [6.45, 7) is 10.4. The maximum Gasteiger partial charge on any atom is 0.434 e. The Morgan fingerprint density at radius 3 is 1.95 bits per heavy atom. The maximum atomic E-state index is 13.0. The van der Waals surface area contributed by atoms with Crippen LogP contribution in [0.25, 0.3) is 5.57 Å². The molecule has 0 saturated heterocycles. The number of halogens is 3. The van der Waals surface area contributed by atoms with Crippen molar-refractivity contribution in [3.63, 3.8) is 0 Å². The van der Waals surface area contributed by atoms with Crippen LogP contribution in [0.1, 0.15) is 55.8 Å². The van der Waals surface area contributed by atoms with E-state index in [0.717, 1.165) is 0 Å². The molecule has 0 N–H and O–H groups in total. The van der Waals surface area contributed by atoms with Crippen LogP contribution in [0.3, 0.4) is 0 Å². The van der Waals surface area contributed by atoms with Crippen LogP contribution in [0.4, 0.5) is 13.2 Å². The molecule has 0 aliphatic carbocycles. The third kappa shape index (κ3) is 3.89. The highest BCUT2D eigenvalue weighted by atomic mass is 19.4. The molecule has 0 unspecified atom stereocenters. The van der Waals surface area contributed by atoms with Crippen molar-refractivity contribution in [3.8, 4) is 18.4 Å². The summed E-state index contributed by atoms with van der Waals surface area (Å²) < 4.78 is 39.1. The van der Waals surface area contributed by atoms with E-state index in [1.165, 1.54) is 6.92 Å². The zero-order chi connectivity index (χ0) is 17.7. The van der Waals surface area contributed by atoms with Gasteiger partial charge in [-0.3, -0.25) is 0 Å².